The molecule has 0 saturated carbocycles. The molecular weight excluding hydrogens is 284 g/mol. The Morgan fingerprint density at radius 1 is 1.14 bits per heavy atom. The Bertz CT molecular complexity index is 626. The highest BCUT2D eigenvalue weighted by molar-refractivity contribution is 6.31. The first kappa shape index (κ1) is 15.5. The SMILES string of the molecule is Cc1ccc(NC(=O)[C@H](c2ccccc2)N(C)C)cc1Cl. The zero-order valence-corrected chi connectivity index (χ0v) is 13.2. The van der Waals surface area contributed by atoms with Crippen LogP contribution < -0.4 is 5.32 Å². The van der Waals surface area contributed by atoms with E-state index in [1.165, 1.54) is 0 Å². The molecule has 3 nitrogen and oxygen atoms in total. The molecule has 0 saturated heterocycles. The van der Waals surface area contributed by atoms with E-state index >= 15 is 0 Å². The van der Waals surface area contributed by atoms with Crippen molar-refractivity contribution >= 4 is 23.2 Å². The van der Waals surface area contributed by atoms with Crippen LogP contribution in [0.5, 0.6) is 0 Å². The molecule has 1 amide bonds. The largest absolute Gasteiger partial charge is 0.324 e. The van der Waals surface area contributed by atoms with Gasteiger partial charge in [-0.2, -0.15) is 0 Å². The minimum Gasteiger partial charge on any atom is -0.324 e. The molecule has 0 aliphatic heterocycles. The van der Waals surface area contributed by atoms with Gasteiger partial charge in [0.15, 0.2) is 0 Å². The van der Waals surface area contributed by atoms with E-state index in [4.69, 9.17) is 11.6 Å². The van der Waals surface area contributed by atoms with Crippen molar-refractivity contribution in [1.29, 1.82) is 0 Å². The van der Waals surface area contributed by atoms with Crippen molar-refractivity contribution in [2.75, 3.05) is 19.4 Å². The molecule has 0 aromatic heterocycles. The summed E-state index contributed by atoms with van der Waals surface area (Å²) in [6.45, 7) is 1.93. The first-order valence-corrected chi connectivity index (χ1v) is 7.15. The van der Waals surface area contributed by atoms with Gasteiger partial charge in [-0.1, -0.05) is 48.0 Å². The lowest BCUT2D eigenvalue weighted by molar-refractivity contribution is -0.120. The summed E-state index contributed by atoms with van der Waals surface area (Å²) in [4.78, 5) is 14.4. The van der Waals surface area contributed by atoms with Crippen LogP contribution in [0.4, 0.5) is 5.69 Å². The van der Waals surface area contributed by atoms with Gasteiger partial charge in [0, 0.05) is 10.7 Å². The third kappa shape index (κ3) is 3.84. The lowest BCUT2D eigenvalue weighted by Crippen LogP contribution is -2.32. The average Bonchev–Trinajstić information content (AvgIpc) is 2.44. The molecule has 1 N–H and O–H groups in total. The van der Waals surface area contributed by atoms with Crippen LogP contribution in [0.15, 0.2) is 48.5 Å². The van der Waals surface area contributed by atoms with E-state index in [1.54, 1.807) is 6.07 Å². The van der Waals surface area contributed by atoms with Gasteiger partial charge < -0.3 is 5.32 Å². The summed E-state index contributed by atoms with van der Waals surface area (Å²) >= 11 is 6.09. The van der Waals surface area contributed by atoms with Crippen molar-refractivity contribution < 1.29 is 4.79 Å². The van der Waals surface area contributed by atoms with Crippen LogP contribution in [0, 0.1) is 6.92 Å². The zero-order valence-electron chi connectivity index (χ0n) is 12.4. The van der Waals surface area contributed by atoms with E-state index in [1.807, 2.05) is 68.4 Å². The second kappa shape index (κ2) is 6.74. The van der Waals surface area contributed by atoms with Crippen LogP contribution >= 0.6 is 11.6 Å². The highest BCUT2D eigenvalue weighted by atomic mass is 35.5. The fourth-order valence-corrected chi connectivity index (χ4v) is 2.38. The van der Waals surface area contributed by atoms with Gasteiger partial charge in [-0.25, -0.2) is 0 Å². The molecule has 1 atom stereocenters. The predicted octanol–water partition coefficient (Wildman–Crippen LogP) is 3.89. The number of aryl methyl sites for hydroxylation is 1. The van der Waals surface area contributed by atoms with Crippen molar-refractivity contribution in [3.05, 3.63) is 64.7 Å². The molecule has 4 heteroatoms. The molecule has 0 fully saturated rings. The van der Waals surface area contributed by atoms with Gasteiger partial charge in [-0.15, -0.1) is 0 Å². The fourth-order valence-electron chi connectivity index (χ4n) is 2.20. The van der Waals surface area contributed by atoms with Crippen LogP contribution in [-0.2, 0) is 4.79 Å². The number of anilines is 1. The molecule has 0 unspecified atom stereocenters. The second-order valence-electron chi connectivity index (χ2n) is 5.23. The Hall–Kier alpha value is -1.84. The normalized spacial score (nSPS) is 12.2. The van der Waals surface area contributed by atoms with Crippen molar-refractivity contribution in [2.45, 2.75) is 13.0 Å². The maximum Gasteiger partial charge on any atom is 0.246 e. The van der Waals surface area contributed by atoms with Crippen LogP contribution in [0.1, 0.15) is 17.2 Å². The number of hydrogen-bond donors (Lipinski definition) is 1. The highest BCUT2D eigenvalue weighted by Crippen LogP contribution is 2.23. The van der Waals surface area contributed by atoms with Gasteiger partial charge in [-0.05, 0) is 44.3 Å². The Labute approximate surface area is 130 Å². The molecule has 21 heavy (non-hydrogen) atoms. The first-order chi connectivity index (χ1) is 9.99. The summed E-state index contributed by atoms with van der Waals surface area (Å²) in [5.41, 5.74) is 2.65. The smallest absolute Gasteiger partial charge is 0.246 e. The number of carbonyl (C=O) groups is 1. The molecule has 0 spiro atoms. The number of likely N-dealkylation sites (N-methyl/N-ethyl adjacent to an activating group) is 1. The van der Waals surface area contributed by atoms with Gasteiger partial charge >= 0.3 is 0 Å². The maximum absolute atomic E-state index is 12.6. The van der Waals surface area contributed by atoms with Crippen molar-refractivity contribution in [1.82, 2.24) is 4.90 Å². The number of carbonyl (C=O) groups excluding carboxylic acids is 1. The topological polar surface area (TPSA) is 32.3 Å². The minimum atomic E-state index is -0.341. The molecular formula is C17H19ClN2O. The average molecular weight is 303 g/mol. The van der Waals surface area contributed by atoms with E-state index < -0.39 is 0 Å². The number of amides is 1. The van der Waals surface area contributed by atoms with Crippen LogP contribution in [0.2, 0.25) is 5.02 Å². The van der Waals surface area contributed by atoms with Crippen LogP contribution in [0.25, 0.3) is 0 Å². The number of rotatable bonds is 4. The number of halogens is 1. The molecule has 2 aromatic carbocycles. The van der Waals surface area contributed by atoms with Gasteiger partial charge in [0.25, 0.3) is 0 Å². The summed E-state index contributed by atoms with van der Waals surface area (Å²) < 4.78 is 0. The molecule has 0 heterocycles. The van der Waals surface area contributed by atoms with Crippen LogP contribution in [-0.4, -0.2) is 24.9 Å². The number of nitrogens with zero attached hydrogens (tertiary/aromatic N) is 1. The molecule has 2 rings (SSSR count). The molecule has 0 aliphatic rings. The van der Waals surface area contributed by atoms with E-state index in [2.05, 4.69) is 5.32 Å². The van der Waals surface area contributed by atoms with Crippen LogP contribution in [0.3, 0.4) is 0 Å². The van der Waals surface area contributed by atoms with Gasteiger partial charge in [0.05, 0.1) is 0 Å². The minimum absolute atomic E-state index is 0.0777. The van der Waals surface area contributed by atoms with E-state index in [0.29, 0.717) is 10.7 Å². The van der Waals surface area contributed by atoms with Crippen molar-refractivity contribution in [3.8, 4) is 0 Å². The molecule has 2 aromatic rings. The Morgan fingerprint density at radius 3 is 2.38 bits per heavy atom. The van der Waals surface area contributed by atoms with E-state index in [9.17, 15) is 4.79 Å². The summed E-state index contributed by atoms with van der Waals surface area (Å²) in [5, 5.41) is 3.57. The molecule has 110 valence electrons. The van der Waals surface area contributed by atoms with Crippen molar-refractivity contribution in [3.63, 3.8) is 0 Å². The lowest BCUT2D eigenvalue weighted by Gasteiger charge is -2.24. The quantitative estimate of drug-likeness (QED) is 0.929. The third-order valence-electron chi connectivity index (χ3n) is 3.32. The highest BCUT2D eigenvalue weighted by Gasteiger charge is 2.22. The number of benzene rings is 2. The maximum atomic E-state index is 12.6. The fraction of sp³-hybridized carbons (Fsp3) is 0.235. The monoisotopic (exact) mass is 302 g/mol. The summed E-state index contributed by atoms with van der Waals surface area (Å²) in [6.07, 6.45) is 0. The van der Waals surface area contributed by atoms with E-state index in [-0.39, 0.29) is 11.9 Å². The van der Waals surface area contributed by atoms with Gasteiger partial charge in [-0.3, -0.25) is 9.69 Å². The summed E-state index contributed by atoms with van der Waals surface area (Å²) in [6, 6.07) is 14.9. The Morgan fingerprint density at radius 2 is 1.81 bits per heavy atom. The van der Waals surface area contributed by atoms with Gasteiger partial charge in [0.2, 0.25) is 5.91 Å². The Kier molecular flexibility index (Phi) is 4.99. The van der Waals surface area contributed by atoms with E-state index in [0.717, 1.165) is 11.1 Å². The zero-order chi connectivity index (χ0) is 15.4. The second-order valence-corrected chi connectivity index (χ2v) is 5.64. The summed E-state index contributed by atoms with van der Waals surface area (Å²) in [7, 11) is 3.78. The molecule has 0 aliphatic carbocycles. The lowest BCUT2D eigenvalue weighted by atomic mass is 10.1. The van der Waals surface area contributed by atoms with Crippen molar-refractivity contribution in [2.24, 2.45) is 0 Å². The molecule has 0 radical (unpaired) electrons. The summed E-state index contributed by atoms with van der Waals surface area (Å²) in [5.74, 6) is -0.0777. The third-order valence-corrected chi connectivity index (χ3v) is 3.73. The first-order valence-electron chi connectivity index (χ1n) is 6.77. The molecule has 0 bridgehead atoms. The van der Waals surface area contributed by atoms with Gasteiger partial charge in [0.1, 0.15) is 6.04 Å². The Balaban J connectivity index is 2.21. The standard InChI is InChI=1S/C17H19ClN2O/c1-12-9-10-14(11-15(12)18)19-17(21)16(20(2)3)13-7-5-4-6-8-13/h4-11,16H,1-3H3,(H,19,21)/t16-/m0/s1. The number of hydrogen-bond acceptors (Lipinski definition) is 2. The number of nitrogens with one attached hydrogen (secondary N) is 1. The predicted molar refractivity (Wildman–Crippen MR) is 87.7 cm³/mol.